The van der Waals surface area contributed by atoms with Gasteiger partial charge in [0.15, 0.2) is 0 Å². The van der Waals surface area contributed by atoms with Crippen LogP contribution in [-0.4, -0.2) is 37.2 Å². The average molecular weight is 349 g/mol. The minimum absolute atomic E-state index is 0.295. The Morgan fingerprint density at radius 3 is 2.54 bits per heavy atom. The van der Waals surface area contributed by atoms with Gasteiger partial charge in [0.2, 0.25) is 5.56 Å². The van der Waals surface area contributed by atoms with Crippen LogP contribution in [0.2, 0.25) is 0 Å². The number of para-hydroxylation sites is 1. The number of nitrogens with one attached hydrogen (secondary N) is 2. The van der Waals surface area contributed by atoms with E-state index in [1.54, 1.807) is 6.07 Å². The molecule has 1 amide bonds. The van der Waals surface area contributed by atoms with Crippen molar-refractivity contribution in [2.45, 2.75) is 0 Å². The van der Waals surface area contributed by atoms with Crippen LogP contribution < -0.4 is 15.8 Å². The maximum absolute atomic E-state index is 12.7. The normalized spacial score (nSPS) is 14.4. The molecule has 1 saturated heterocycles. The highest BCUT2D eigenvalue weighted by molar-refractivity contribution is 6.12. The topological polar surface area (TPSA) is 74.4 Å². The van der Waals surface area contributed by atoms with Crippen LogP contribution >= 0.6 is 0 Å². The molecule has 1 aromatic heterocycles. The molecule has 1 fully saturated rings. The molecular weight excluding hydrogens is 330 g/mol. The van der Waals surface area contributed by atoms with Crippen LogP contribution in [0, 0.1) is 0 Å². The van der Waals surface area contributed by atoms with Crippen molar-refractivity contribution in [1.29, 1.82) is 0 Å². The maximum atomic E-state index is 12.7. The standard InChI is InChI=1S/C20H19N3O3/c24-19-13-17(16-3-1-2-4-18(16)22-19)20(25)21-14-5-7-15(8-6-14)23-9-11-26-12-10-23/h1-8,13H,9-12H2,(H,21,25)(H,22,24). The SMILES string of the molecule is O=C(Nc1ccc(N2CCOCC2)cc1)c1cc(=O)[nH]c2ccccc12. The molecule has 0 aliphatic carbocycles. The molecule has 2 aromatic carbocycles. The number of fused-ring (bicyclic) bond motifs is 1. The number of morpholine rings is 1. The van der Waals surface area contributed by atoms with Gasteiger partial charge >= 0.3 is 0 Å². The molecule has 0 saturated carbocycles. The minimum atomic E-state index is -0.300. The molecule has 132 valence electrons. The third-order valence-corrected chi connectivity index (χ3v) is 4.50. The van der Waals surface area contributed by atoms with Crippen molar-refractivity contribution in [3.8, 4) is 0 Å². The predicted molar refractivity (Wildman–Crippen MR) is 102 cm³/mol. The van der Waals surface area contributed by atoms with Gasteiger partial charge in [0, 0.05) is 41.4 Å². The molecule has 1 aliphatic heterocycles. The molecule has 4 rings (SSSR count). The van der Waals surface area contributed by atoms with Gasteiger partial charge in [0.1, 0.15) is 0 Å². The first-order chi connectivity index (χ1) is 12.7. The van der Waals surface area contributed by atoms with Crippen LogP contribution in [0.25, 0.3) is 10.9 Å². The van der Waals surface area contributed by atoms with Gasteiger partial charge in [0.25, 0.3) is 5.91 Å². The number of pyridine rings is 1. The van der Waals surface area contributed by atoms with Gasteiger partial charge in [-0.25, -0.2) is 0 Å². The molecule has 1 aliphatic rings. The van der Waals surface area contributed by atoms with E-state index in [0.717, 1.165) is 37.4 Å². The van der Waals surface area contributed by atoms with Crippen molar-refractivity contribution in [3.63, 3.8) is 0 Å². The lowest BCUT2D eigenvalue weighted by molar-refractivity contribution is 0.102. The molecule has 6 nitrogen and oxygen atoms in total. The summed E-state index contributed by atoms with van der Waals surface area (Å²) in [6.45, 7) is 3.19. The third kappa shape index (κ3) is 3.32. The van der Waals surface area contributed by atoms with Crippen molar-refractivity contribution >= 4 is 28.2 Å². The number of anilines is 2. The van der Waals surface area contributed by atoms with Crippen LogP contribution in [0.4, 0.5) is 11.4 Å². The van der Waals surface area contributed by atoms with E-state index in [4.69, 9.17) is 4.74 Å². The average Bonchev–Trinajstić information content (AvgIpc) is 2.68. The predicted octanol–water partition coefficient (Wildman–Crippen LogP) is 2.62. The van der Waals surface area contributed by atoms with Crippen molar-refractivity contribution in [1.82, 2.24) is 4.98 Å². The first kappa shape index (κ1) is 16.4. The van der Waals surface area contributed by atoms with E-state index in [9.17, 15) is 9.59 Å². The minimum Gasteiger partial charge on any atom is -0.378 e. The summed E-state index contributed by atoms with van der Waals surface area (Å²) in [7, 11) is 0. The van der Waals surface area contributed by atoms with Crippen molar-refractivity contribution in [2.75, 3.05) is 36.5 Å². The second kappa shape index (κ2) is 7.01. The molecular formula is C20H19N3O3. The number of amides is 1. The number of benzene rings is 2. The molecule has 0 spiro atoms. The van der Waals surface area contributed by atoms with E-state index in [1.807, 2.05) is 42.5 Å². The van der Waals surface area contributed by atoms with Crippen molar-refractivity contribution in [3.05, 3.63) is 70.5 Å². The summed E-state index contributed by atoms with van der Waals surface area (Å²) in [5.41, 5.74) is 2.51. The Morgan fingerprint density at radius 1 is 1.04 bits per heavy atom. The molecule has 2 N–H and O–H groups in total. The molecule has 26 heavy (non-hydrogen) atoms. The second-order valence-corrected chi connectivity index (χ2v) is 6.19. The van der Waals surface area contributed by atoms with Gasteiger partial charge in [0.05, 0.1) is 18.8 Å². The Balaban J connectivity index is 1.56. The zero-order valence-corrected chi connectivity index (χ0v) is 14.2. The molecule has 2 heterocycles. The zero-order valence-electron chi connectivity index (χ0n) is 14.2. The summed E-state index contributed by atoms with van der Waals surface area (Å²) in [6.07, 6.45) is 0. The highest BCUT2D eigenvalue weighted by Gasteiger charge is 2.13. The number of rotatable bonds is 3. The number of aromatic amines is 1. The van der Waals surface area contributed by atoms with Crippen LogP contribution in [0.1, 0.15) is 10.4 Å². The van der Waals surface area contributed by atoms with Gasteiger partial charge in [-0.2, -0.15) is 0 Å². The molecule has 0 unspecified atom stereocenters. The van der Waals surface area contributed by atoms with E-state index >= 15 is 0 Å². The van der Waals surface area contributed by atoms with E-state index < -0.39 is 0 Å². The molecule has 0 bridgehead atoms. The zero-order chi connectivity index (χ0) is 17.9. The van der Waals surface area contributed by atoms with Gasteiger partial charge in [-0.3, -0.25) is 9.59 Å². The Hall–Kier alpha value is -3.12. The van der Waals surface area contributed by atoms with E-state index in [-0.39, 0.29) is 11.5 Å². The number of aromatic nitrogens is 1. The lowest BCUT2D eigenvalue weighted by atomic mass is 10.1. The van der Waals surface area contributed by atoms with Gasteiger partial charge in [-0.15, -0.1) is 0 Å². The van der Waals surface area contributed by atoms with Gasteiger partial charge in [-0.05, 0) is 30.3 Å². The number of nitrogens with zero attached hydrogens (tertiary/aromatic N) is 1. The monoisotopic (exact) mass is 349 g/mol. The summed E-state index contributed by atoms with van der Waals surface area (Å²) in [5, 5.41) is 3.59. The van der Waals surface area contributed by atoms with E-state index in [2.05, 4.69) is 15.2 Å². The second-order valence-electron chi connectivity index (χ2n) is 6.19. The molecule has 6 heteroatoms. The van der Waals surface area contributed by atoms with Gasteiger partial charge < -0.3 is 19.9 Å². The Morgan fingerprint density at radius 2 is 1.77 bits per heavy atom. The first-order valence-electron chi connectivity index (χ1n) is 8.57. The fourth-order valence-electron chi connectivity index (χ4n) is 3.17. The number of carbonyl (C=O) groups is 1. The summed E-state index contributed by atoms with van der Waals surface area (Å²) in [6, 6.07) is 16.3. The lowest BCUT2D eigenvalue weighted by Crippen LogP contribution is -2.36. The quantitative estimate of drug-likeness (QED) is 0.762. The molecule has 0 atom stereocenters. The number of carbonyl (C=O) groups excluding carboxylic acids is 1. The maximum Gasteiger partial charge on any atom is 0.256 e. The first-order valence-corrected chi connectivity index (χ1v) is 8.57. The Kier molecular flexibility index (Phi) is 4.41. The molecule has 0 radical (unpaired) electrons. The van der Waals surface area contributed by atoms with Crippen LogP contribution in [0.15, 0.2) is 59.4 Å². The summed E-state index contributed by atoms with van der Waals surface area (Å²) >= 11 is 0. The van der Waals surface area contributed by atoms with Crippen molar-refractivity contribution < 1.29 is 9.53 Å². The molecule has 3 aromatic rings. The number of ether oxygens (including phenoxy) is 1. The van der Waals surface area contributed by atoms with Crippen LogP contribution in [-0.2, 0) is 4.74 Å². The van der Waals surface area contributed by atoms with Crippen molar-refractivity contribution in [2.24, 2.45) is 0 Å². The summed E-state index contributed by atoms with van der Waals surface area (Å²) in [4.78, 5) is 29.5. The lowest BCUT2D eigenvalue weighted by Gasteiger charge is -2.28. The fourth-order valence-corrected chi connectivity index (χ4v) is 3.17. The Bertz CT molecular complexity index is 989. The highest BCUT2D eigenvalue weighted by Crippen LogP contribution is 2.21. The fraction of sp³-hybridized carbons (Fsp3) is 0.200. The number of hydrogen-bond acceptors (Lipinski definition) is 4. The van der Waals surface area contributed by atoms with Crippen LogP contribution in [0.3, 0.4) is 0 Å². The van der Waals surface area contributed by atoms with Gasteiger partial charge in [-0.1, -0.05) is 18.2 Å². The number of H-pyrrole nitrogens is 1. The third-order valence-electron chi connectivity index (χ3n) is 4.50. The summed E-state index contributed by atoms with van der Waals surface area (Å²) in [5.74, 6) is -0.300. The Labute approximate surface area is 150 Å². The van der Waals surface area contributed by atoms with Crippen LogP contribution in [0.5, 0.6) is 0 Å². The van der Waals surface area contributed by atoms with E-state index in [1.165, 1.54) is 6.07 Å². The largest absolute Gasteiger partial charge is 0.378 e. The number of hydrogen-bond donors (Lipinski definition) is 2. The highest BCUT2D eigenvalue weighted by atomic mass is 16.5. The van der Waals surface area contributed by atoms with E-state index in [0.29, 0.717) is 16.8 Å². The summed E-state index contributed by atoms with van der Waals surface area (Å²) < 4.78 is 5.36. The smallest absolute Gasteiger partial charge is 0.256 e.